The standard InChI is InChI=1S/C20H19Cl5O5/c1-11(19(28)29-5-4-18(27)30-10-20(23,24)25)6-14(26)7-12-2-3-15-16(12)8-13(21)9-17(15)22/h8-9,12H,1-7,10H2. The topological polar surface area (TPSA) is 69.7 Å². The first kappa shape index (κ1) is 25.3. The Morgan fingerprint density at radius 3 is 2.50 bits per heavy atom. The van der Waals surface area contributed by atoms with Crippen LogP contribution in [-0.4, -0.2) is 34.7 Å². The number of ketones is 1. The lowest BCUT2D eigenvalue weighted by molar-refractivity contribution is -0.147. The Balaban J connectivity index is 1.75. The minimum Gasteiger partial charge on any atom is -0.462 e. The fraction of sp³-hybridized carbons (Fsp3) is 0.450. The summed E-state index contributed by atoms with van der Waals surface area (Å²) in [6.07, 6.45) is 1.46. The van der Waals surface area contributed by atoms with Crippen LogP contribution in [0.1, 0.15) is 42.7 Å². The van der Waals surface area contributed by atoms with Crippen LogP contribution in [0.25, 0.3) is 0 Å². The Bertz CT molecular complexity index is 847. The average molecular weight is 517 g/mol. The van der Waals surface area contributed by atoms with Crippen molar-refractivity contribution in [1.82, 2.24) is 0 Å². The van der Waals surface area contributed by atoms with Gasteiger partial charge in [-0.2, -0.15) is 0 Å². The number of alkyl halides is 3. The second kappa shape index (κ2) is 11.1. The average Bonchev–Trinajstić information content (AvgIpc) is 3.02. The molecule has 1 aliphatic rings. The van der Waals surface area contributed by atoms with Crippen molar-refractivity contribution in [2.24, 2.45) is 0 Å². The number of hydrogen-bond acceptors (Lipinski definition) is 5. The predicted molar refractivity (Wildman–Crippen MR) is 118 cm³/mol. The van der Waals surface area contributed by atoms with Crippen LogP contribution in [0.4, 0.5) is 0 Å². The first-order valence-electron chi connectivity index (χ1n) is 9.03. The van der Waals surface area contributed by atoms with Crippen molar-refractivity contribution in [3.63, 3.8) is 0 Å². The molecule has 1 aromatic carbocycles. The summed E-state index contributed by atoms with van der Waals surface area (Å²) < 4.78 is 7.94. The highest BCUT2D eigenvalue weighted by molar-refractivity contribution is 6.67. The Kier molecular flexibility index (Phi) is 9.32. The van der Waals surface area contributed by atoms with Crippen molar-refractivity contribution in [3.05, 3.63) is 45.5 Å². The van der Waals surface area contributed by atoms with Gasteiger partial charge in [-0.25, -0.2) is 4.79 Å². The van der Waals surface area contributed by atoms with Crippen molar-refractivity contribution in [3.8, 4) is 0 Å². The predicted octanol–water partition coefficient (Wildman–Crippen LogP) is 5.78. The van der Waals surface area contributed by atoms with E-state index in [0.29, 0.717) is 10.0 Å². The second-order valence-corrected chi connectivity index (χ2v) is 10.2. The van der Waals surface area contributed by atoms with E-state index in [4.69, 9.17) is 67.5 Å². The summed E-state index contributed by atoms with van der Waals surface area (Å²) in [5.74, 6) is -1.59. The van der Waals surface area contributed by atoms with Gasteiger partial charge in [-0.15, -0.1) is 0 Å². The first-order chi connectivity index (χ1) is 14.0. The zero-order valence-corrected chi connectivity index (χ0v) is 19.6. The number of hydrogen-bond donors (Lipinski definition) is 0. The van der Waals surface area contributed by atoms with Crippen LogP contribution in [0.2, 0.25) is 10.0 Å². The number of halogens is 5. The molecule has 1 unspecified atom stereocenters. The van der Waals surface area contributed by atoms with Crippen molar-refractivity contribution >= 4 is 75.7 Å². The van der Waals surface area contributed by atoms with Gasteiger partial charge in [0.05, 0.1) is 6.42 Å². The summed E-state index contributed by atoms with van der Waals surface area (Å²) in [5, 5.41) is 1.13. The fourth-order valence-electron chi connectivity index (χ4n) is 3.16. The van der Waals surface area contributed by atoms with E-state index in [1.807, 2.05) is 6.07 Å². The molecule has 1 aliphatic carbocycles. The lowest BCUT2D eigenvalue weighted by Gasteiger charge is -2.13. The van der Waals surface area contributed by atoms with Gasteiger partial charge >= 0.3 is 11.9 Å². The van der Waals surface area contributed by atoms with E-state index in [-0.39, 0.29) is 43.1 Å². The van der Waals surface area contributed by atoms with Gasteiger partial charge in [-0.3, -0.25) is 9.59 Å². The minimum atomic E-state index is -1.71. The number of Topliss-reactive ketones (excluding diaryl/α,β-unsaturated/α-hetero) is 1. The highest BCUT2D eigenvalue weighted by Crippen LogP contribution is 2.41. The van der Waals surface area contributed by atoms with E-state index >= 15 is 0 Å². The number of esters is 2. The Morgan fingerprint density at radius 2 is 1.83 bits per heavy atom. The van der Waals surface area contributed by atoms with Crippen LogP contribution in [0.15, 0.2) is 24.3 Å². The van der Waals surface area contributed by atoms with Crippen molar-refractivity contribution < 1.29 is 23.9 Å². The molecule has 0 saturated carbocycles. The highest BCUT2D eigenvalue weighted by Gasteiger charge is 2.28. The summed E-state index contributed by atoms with van der Waals surface area (Å²) in [6.45, 7) is 2.95. The number of ether oxygens (including phenoxy) is 2. The summed E-state index contributed by atoms with van der Waals surface area (Å²) in [5.41, 5.74) is 2.00. The second-order valence-electron chi connectivity index (χ2n) is 6.88. The van der Waals surface area contributed by atoms with Crippen LogP contribution in [0, 0.1) is 0 Å². The molecular formula is C20H19Cl5O5. The van der Waals surface area contributed by atoms with Gasteiger partial charge in [0, 0.05) is 28.5 Å². The third-order valence-electron chi connectivity index (χ3n) is 4.49. The Morgan fingerprint density at radius 1 is 1.13 bits per heavy atom. The molecule has 2 rings (SSSR count). The van der Waals surface area contributed by atoms with Gasteiger partial charge in [0.15, 0.2) is 0 Å². The molecule has 0 amide bonds. The smallest absolute Gasteiger partial charge is 0.333 e. The van der Waals surface area contributed by atoms with Gasteiger partial charge in [0.25, 0.3) is 0 Å². The molecule has 1 atom stereocenters. The van der Waals surface area contributed by atoms with Gasteiger partial charge < -0.3 is 9.47 Å². The molecule has 5 nitrogen and oxygen atoms in total. The number of benzene rings is 1. The molecule has 0 aromatic heterocycles. The van der Waals surface area contributed by atoms with Gasteiger partial charge in [0.1, 0.15) is 19.0 Å². The normalized spacial score (nSPS) is 15.4. The highest BCUT2D eigenvalue weighted by atomic mass is 35.6. The van der Waals surface area contributed by atoms with Gasteiger partial charge in [-0.1, -0.05) is 64.6 Å². The molecule has 0 saturated heterocycles. The minimum absolute atomic E-state index is 0.000194. The molecule has 10 heteroatoms. The SMILES string of the molecule is C=C(CC(=O)CC1CCc2c(Cl)cc(Cl)cc21)C(=O)OCCC(=O)OCC(Cl)(Cl)Cl. The molecule has 0 radical (unpaired) electrons. The maximum absolute atomic E-state index is 12.4. The number of rotatable bonds is 9. The van der Waals surface area contributed by atoms with E-state index in [1.54, 1.807) is 6.07 Å². The summed E-state index contributed by atoms with van der Waals surface area (Å²) in [7, 11) is 0. The van der Waals surface area contributed by atoms with E-state index in [0.717, 1.165) is 24.0 Å². The molecule has 0 bridgehead atoms. The van der Waals surface area contributed by atoms with Crippen molar-refractivity contribution in [2.75, 3.05) is 13.2 Å². The number of carbonyl (C=O) groups is 3. The molecule has 1 aromatic rings. The summed E-state index contributed by atoms with van der Waals surface area (Å²) in [4.78, 5) is 35.9. The van der Waals surface area contributed by atoms with Crippen molar-refractivity contribution in [2.45, 2.75) is 41.8 Å². The number of fused-ring (bicyclic) bond motifs is 1. The molecule has 30 heavy (non-hydrogen) atoms. The lowest BCUT2D eigenvalue weighted by atomic mass is 9.93. The molecule has 0 fully saturated rings. The third-order valence-corrected chi connectivity index (χ3v) is 5.37. The molecule has 0 heterocycles. The lowest BCUT2D eigenvalue weighted by Crippen LogP contribution is -2.19. The monoisotopic (exact) mass is 514 g/mol. The van der Waals surface area contributed by atoms with Gasteiger partial charge in [0.2, 0.25) is 3.79 Å². The van der Waals surface area contributed by atoms with E-state index in [2.05, 4.69) is 6.58 Å². The summed E-state index contributed by atoms with van der Waals surface area (Å²) >= 11 is 28.7. The molecule has 0 spiro atoms. The summed E-state index contributed by atoms with van der Waals surface area (Å²) in [6, 6.07) is 3.52. The van der Waals surface area contributed by atoms with Crippen LogP contribution >= 0.6 is 58.0 Å². The fourth-order valence-corrected chi connectivity index (χ4v) is 3.93. The van der Waals surface area contributed by atoms with Crippen LogP contribution in [0.5, 0.6) is 0 Å². The maximum Gasteiger partial charge on any atom is 0.333 e. The maximum atomic E-state index is 12.4. The molecular weight excluding hydrogens is 497 g/mol. The third kappa shape index (κ3) is 7.93. The zero-order chi connectivity index (χ0) is 22.5. The van der Waals surface area contributed by atoms with Crippen LogP contribution in [-0.2, 0) is 30.3 Å². The quantitative estimate of drug-likeness (QED) is 0.237. The molecule has 0 N–H and O–H groups in total. The Hall–Kier alpha value is -0.980. The van der Waals surface area contributed by atoms with E-state index in [9.17, 15) is 14.4 Å². The van der Waals surface area contributed by atoms with Crippen molar-refractivity contribution in [1.29, 1.82) is 0 Å². The molecule has 164 valence electrons. The number of carbonyl (C=O) groups excluding carboxylic acids is 3. The largest absolute Gasteiger partial charge is 0.462 e. The van der Waals surface area contributed by atoms with E-state index in [1.165, 1.54) is 0 Å². The van der Waals surface area contributed by atoms with E-state index < -0.39 is 22.3 Å². The molecule has 0 aliphatic heterocycles. The zero-order valence-electron chi connectivity index (χ0n) is 15.8. The van der Waals surface area contributed by atoms with Gasteiger partial charge in [-0.05, 0) is 42.0 Å². The van der Waals surface area contributed by atoms with Crippen LogP contribution in [0.3, 0.4) is 0 Å². The Labute approximate surface area is 199 Å². The first-order valence-corrected chi connectivity index (χ1v) is 10.9. The van der Waals surface area contributed by atoms with Crippen LogP contribution < -0.4 is 0 Å².